The van der Waals surface area contributed by atoms with E-state index in [2.05, 4.69) is 31.0 Å². The Kier molecular flexibility index (Phi) is 6.48. The van der Waals surface area contributed by atoms with Crippen LogP contribution in [0.25, 0.3) is 0 Å². The summed E-state index contributed by atoms with van der Waals surface area (Å²) in [6.07, 6.45) is 3.82. The molecular weight excluding hydrogens is 264 g/mol. The molecule has 21 heavy (non-hydrogen) atoms. The molecule has 1 saturated heterocycles. The van der Waals surface area contributed by atoms with Gasteiger partial charge in [0.1, 0.15) is 0 Å². The molecule has 0 aromatic carbocycles. The summed E-state index contributed by atoms with van der Waals surface area (Å²) in [6.45, 7) is 12.9. The van der Waals surface area contributed by atoms with Crippen LogP contribution in [0.15, 0.2) is 0 Å². The minimum atomic E-state index is 0.317. The molecular formula is C17H34N2O2. The van der Waals surface area contributed by atoms with E-state index >= 15 is 0 Å². The van der Waals surface area contributed by atoms with Crippen molar-refractivity contribution in [3.05, 3.63) is 0 Å². The maximum Gasteiger partial charge on any atom is 0.0593 e. The summed E-state index contributed by atoms with van der Waals surface area (Å²) >= 11 is 0. The van der Waals surface area contributed by atoms with Crippen molar-refractivity contribution >= 4 is 0 Å². The number of nitrogens with zero attached hydrogens (tertiary/aromatic N) is 1. The molecule has 4 nitrogen and oxygen atoms in total. The fraction of sp³-hybridized carbons (Fsp3) is 1.00. The normalized spacial score (nSPS) is 28.0. The summed E-state index contributed by atoms with van der Waals surface area (Å²) in [5.74, 6) is 0.927. The lowest BCUT2D eigenvalue weighted by Gasteiger charge is -2.46. The van der Waals surface area contributed by atoms with Crippen LogP contribution in [0, 0.1) is 11.3 Å². The fourth-order valence-corrected chi connectivity index (χ4v) is 3.34. The lowest BCUT2D eigenvalue weighted by Crippen LogP contribution is -2.61. The highest BCUT2D eigenvalue weighted by atomic mass is 16.5. The highest BCUT2D eigenvalue weighted by molar-refractivity contribution is 4.97. The van der Waals surface area contributed by atoms with Gasteiger partial charge in [0.05, 0.1) is 6.61 Å². The molecule has 124 valence electrons. The van der Waals surface area contributed by atoms with Gasteiger partial charge in [-0.05, 0) is 30.6 Å². The van der Waals surface area contributed by atoms with Crippen LogP contribution in [0.2, 0.25) is 0 Å². The zero-order valence-electron chi connectivity index (χ0n) is 14.4. The zero-order valence-corrected chi connectivity index (χ0v) is 14.4. The van der Waals surface area contributed by atoms with E-state index in [1.807, 2.05) is 0 Å². The first-order chi connectivity index (χ1) is 10.0. The molecule has 0 radical (unpaired) electrons. The number of methoxy groups -OCH3 is 1. The van der Waals surface area contributed by atoms with Gasteiger partial charge in [-0.3, -0.25) is 4.90 Å². The number of rotatable bonds is 8. The average molecular weight is 298 g/mol. The minimum absolute atomic E-state index is 0.317. The molecule has 0 aromatic rings. The van der Waals surface area contributed by atoms with E-state index in [-0.39, 0.29) is 0 Å². The first-order valence-electron chi connectivity index (χ1n) is 8.56. The molecule has 1 heterocycles. The molecule has 2 rings (SSSR count). The molecule has 2 aliphatic rings. The van der Waals surface area contributed by atoms with Crippen molar-refractivity contribution in [2.24, 2.45) is 11.3 Å². The van der Waals surface area contributed by atoms with Crippen molar-refractivity contribution < 1.29 is 9.47 Å². The van der Waals surface area contributed by atoms with Crippen molar-refractivity contribution in [2.45, 2.75) is 52.1 Å². The van der Waals surface area contributed by atoms with Gasteiger partial charge in [-0.25, -0.2) is 0 Å². The van der Waals surface area contributed by atoms with Crippen molar-refractivity contribution in [1.29, 1.82) is 0 Å². The van der Waals surface area contributed by atoms with Gasteiger partial charge in [0.15, 0.2) is 0 Å². The molecule has 1 aliphatic carbocycles. The van der Waals surface area contributed by atoms with Crippen molar-refractivity contribution in [1.82, 2.24) is 10.2 Å². The third kappa shape index (κ3) is 5.51. The second kappa shape index (κ2) is 7.91. The average Bonchev–Trinajstić information content (AvgIpc) is 3.26. The number of nitrogens with one attached hydrogen (secondary N) is 1. The van der Waals surface area contributed by atoms with E-state index in [0.29, 0.717) is 17.5 Å². The Morgan fingerprint density at radius 2 is 1.90 bits per heavy atom. The molecule has 1 aliphatic heterocycles. The van der Waals surface area contributed by atoms with Gasteiger partial charge in [-0.2, -0.15) is 0 Å². The standard InChI is InChI=1S/C17H34N2O2/c1-17(2,3)16-12-18-15(14-6-7-14)13-19(16)8-11-21-10-5-9-20-4/h14-16,18H,5-13H2,1-4H3. The smallest absolute Gasteiger partial charge is 0.0593 e. The van der Waals surface area contributed by atoms with Gasteiger partial charge in [0, 0.05) is 52.0 Å². The van der Waals surface area contributed by atoms with Crippen molar-refractivity contribution in [3.8, 4) is 0 Å². The second-order valence-electron chi connectivity index (χ2n) is 7.69. The topological polar surface area (TPSA) is 33.7 Å². The second-order valence-corrected chi connectivity index (χ2v) is 7.69. The van der Waals surface area contributed by atoms with Gasteiger partial charge in [-0.15, -0.1) is 0 Å². The Morgan fingerprint density at radius 1 is 1.14 bits per heavy atom. The van der Waals surface area contributed by atoms with Crippen LogP contribution in [-0.4, -0.2) is 63.5 Å². The van der Waals surface area contributed by atoms with E-state index in [1.165, 1.54) is 19.4 Å². The van der Waals surface area contributed by atoms with Gasteiger partial charge in [-0.1, -0.05) is 20.8 Å². The first kappa shape index (κ1) is 17.2. The van der Waals surface area contributed by atoms with E-state index in [4.69, 9.17) is 9.47 Å². The quantitative estimate of drug-likeness (QED) is 0.696. The molecule has 2 unspecified atom stereocenters. The molecule has 0 aromatic heterocycles. The van der Waals surface area contributed by atoms with Crippen LogP contribution in [-0.2, 0) is 9.47 Å². The van der Waals surface area contributed by atoms with E-state index in [9.17, 15) is 0 Å². The van der Waals surface area contributed by atoms with E-state index in [1.54, 1.807) is 7.11 Å². The minimum Gasteiger partial charge on any atom is -0.385 e. The lowest BCUT2D eigenvalue weighted by atomic mass is 9.83. The van der Waals surface area contributed by atoms with Crippen LogP contribution in [0.4, 0.5) is 0 Å². The van der Waals surface area contributed by atoms with Crippen molar-refractivity contribution in [2.75, 3.05) is 46.6 Å². The molecule has 1 saturated carbocycles. The SMILES string of the molecule is COCCCOCCN1CC(C2CC2)NCC1C(C)(C)C. The maximum atomic E-state index is 5.77. The largest absolute Gasteiger partial charge is 0.385 e. The highest BCUT2D eigenvalue weighted by Gasteiger charge is 2.40. The summed E-state index contributed by atoms with van der Waals surface area (Å²) in [5.41, 5.74) is 0.317. The van der Waals surface area contributed by atoms with Crippen LogP contribution in [0.5, 0.6) is 0 Å². The third-order valence-corrected chi connectivity index (χ3v) is 4.80. The van der Waals surface area contributed by atoms with E-state index in [0.717, 1.165) is 45.2 Å². The molecule has 0 spiro atoms. The van der Waals surface area contributed by atoms with Crippen LogP contribution in [0.3, 0.4) is 0 Å². The monoisotopic (exact) mass is 298 g/mol. The lowest BCUT2D eigenvalue weighted by molar-refractivity contribution is 0.0189. The van der Waals surface area contributed by atoms with Gasteiger partial charge in [0.25, 0.3) is 0 Å². The highest BCUT2D eigenvalue weighted by Crippen LogP contribution is 2.36. The number of ether oxygens (including phenoxy) is 2. The molecule has 1 N–H and O–H groups in total. The Bertz CT molecular complexity index is 300. The summed E-state index contributed by atoms with van der Waals surface area (Å²) in [6, 6.07) is 1.31. The fourth-order valence-electron chi connectivity index (χ4n) is 3.34. The predicted octanol–water partition coefficient (Wildman–Crippen LogP) is 2.14. The van der Waals surface area contributed by atoms with Gasteiger partial charge < -0.3 is 14.8 Å². The van der Waals surface area contributed by atoms with Crippen LogP contribution >= 0.6 is 0 Å². The molecule has 0 amide bonds. The number of hydrogen-bond donors (Lipinski definition) is 1. The van der Waals surface area contributed by atoms with Crippen molar-refractivity contribution in [3.63, 3.8) is 0 Å². The number of hydrogen-bond acceptors (Lipinski definition) is 4. The maximum absolute atomic E-state index is 5.77. The van der Waals surface area contributed by atoms with Crippen LogP contribution < -0.4 is 5.32 Å². The summed E-state index contributed by atoms with van der Waals surface area (Å²) < 4.78 is 10.8. The van der Waals surface area contributed by atoms with E-state index < -0.39 is 0 Å². The molecule has 2 atom stereocenters. The Balaban J connectivity index is 1.76. The molecule has 2 fully saturated rings. The van der Waals surface area contributed by atoms with Gasteiger partial charge >= 0.3 is 0 Å². The predicted molar refractivity (Wildman–Crippen MR) is 86.6 cm³/mol. The zero-order chi connectivity index (χ0) is 15.3. The van der Waals surface area contributed by atoms with Crippen LogP contribution in [0.1, 0.15) is 40.0 Å². The Morgan fingerprint density at radius 3 is 2.52 bits per heavy atom. The third-order valence-electron chi connectivity index (χ3n) is 4.80. The summed E-state index contributed by atoms with van der Waals surface area (Å²) in [7, 11) is 1.74. The Hall–Kier alpha value is -0.160. The summed E-state index contributed by atoms with van der Waals surface area (Å²) in [5, 5.41) is 3.79. The molecule has 4 heteroatoms. The first-order valence-corrected chi connectivity index (χ1v) is 8.56. The number of piperazine rings is 1. The molecule has 0 bridgehead atoms. The summed E-state index contributed by atoms with van der Waals surface area (Å²) in [4.78, 5) is 2.66. The Labute approximate surface area is 130 Å². The van der Waals surface area contributed by atoms with Gasteiger partial charge in [0.2, 0.25) is 0 Å².